The van der Waals surface area contributed by atoms with Gasteiger partial charge in [0.1, 0.15) is 0 Å². The molecule has 2 amide bonds. The maximum atomic E-state index is 12.2. The number of piperidine rings is 1. The molecular weight excluding hydrogens is 310 g/mol. The van der Waals surface area contributed by atoms with E-state index < -0.39 is 0 Å². The van der Waals surface area contributed by atoms with Gasteiger partial charge in [-0.25, -0.2) is 4.79 Å². The fourth-order valence-electron chi connectivity index (χ4n) is 3.36. The topological polar surface area (TPSA) is 44.4 Å². The SMILES string of the molecule is Cc1cc(C)cc(NC(=O)Nc2ccc(N3CCC(C)CC3)cc2)c1. The van der Waals surface area contributed by atoms with Crippen molar-refractivity contribution in [3.63, 3.8) is 0 Å². The number of amides is 2. The summed E-state index contributed by atoms with van der Waals surface area (Å²) in [6.45, 7) is 8.59. The highest BCUT2D eigenvalue weighted by Gasteiger charge is 2.15. The van der Waals surface area contributed by atoms with E-state index in [0.29, 0.717) is 0 Å². The second-order valence-electron chi connectivity index (χ2n) is 7.17. The largest absolute Gasteiger partial charge is 0.372 e. The Kier molecular flexibility index (Phi) is 5.27. The number of carbonyl (C=O) groups is 1. The highest BCUT2D eigenvalue weighted by Crippen LogP contribution is 2.24. The lowest BCUT2D eigenvalue weighted by atomic mass is 9.99. The molecule has 0 bridgehead atoms. The van der Waals surface area contributed by atoms with Crippen molar-refractivity contribution in [2.75, 3.05) is 28.6 Å². The van der Waals surface area contributed by atoms with Crippen LogP contribution in [0.2, 0.25) is 0 Å². The quantitative estimate of drug-likeness (QED) is 0.810. The lowest BCUT2D eigenvalue weighted by Crippen LogP contribution is -2.32. The Bertz CT molecular complexity index is 711. The van der Waals surface area contributed by atoms with Crippen LogP contribution in [0.1, 0.15) is 30.9 Å². The van der Waals surface area contributed by atoms with Crippen molar-refractivity contribution >= 4 is 23.1 Å². The molecule has 0 aliphatic carbocycles. The summed E-state index contributed by atoms with van der Waals surface area (Å²) in [4.78, 5) is 14.6. The van der Waals surface area contributed by atoms with E-state index in [1.807, 2.05) is 38.1 Å². The normalized spacial score (nSPS) is 15.1. The first kappa shape index (κ1) is 17.3. The molecule has 0 saturated carbocycles. The highest BCUT2D eigenvalue weighted by atomic mass is 16.2. The van der Waals surface area contributed by atoms with Crippen LogP contribution in [0.4, 0.5) is 21.9 Å². The van der Waals surface area contributed by atoms with Gasteiger partial charge in [0, 0.05) is 30.2 Å². The first-order valence-electron chi connectivity index (χ1n) is 9.01. The van der Waals surface area contributed by atoms with E-state index in [1.54, 1.807) is 0 Å². The molecule has 4 nitrogen and oxygen atoms in total. The zero-order valence-corrected chi connectivity index (χ0v) is 15.3. The molecule has 1 heterocycles. The van der Waals surface area contributed by atoms with Gasteiger partial charge >= 0.3 is 6.03 Å². The Balaban J connectivity index is 1.58. The fraction of sp³-hybridized carbons (Fsp3) is 0.381. The van der Waals surface area contributed by atoms with E-state index in [4.69, 9.17) is 0 Å². The first-order valence-corrected chi connectivity index (χ1v) is 9.01. The number of hydrogen-bond donors (Lipinski definition) is 2. The second kappa shape index (κ2) is 7.60. The van der Waals surface area contributed by atoms with Crippen LogP contribution in [0, 0.1) is 19.8 Å². The van der Waals surface area contributed by atoms with Gasteiger partial charge in [-0.05, 0) is 80.1 Å². The van der Waals surface area contributed by atoms with Crippen LogP contribution in [0.5, 0.6) is 0 Å². The molecule has 0 atom stereocenters. The predicted molar refractivity (Wildman–Crippen MR) is 106 cm³/mol. The van der Waals surface area contributed by atoms with Crippen LogP contribution in [0.15, 0.2) is 42.5 Å². The molecule has 0 radical (unpaired) electrons. The summed E-state index contributed by atoms with van der Waals surface area (Å²) in [5, 5.41) is 5.79. The summed E-state index contributed by atoms with van der Waals surface area (Å²) < 4.78 is 0. The van der Waals surface area contributed by atoms with Crippen LogP contribution in [-0.2, 0) is 0 Å². The summed E-state index contributed by atoms with van der Waals surface area (Å²) in [7, 11) is 0. The number of nitrogens with zero attached hydrogens (tertiary/aromatic N) is 1. The smallest absolute Gasteiger partial charge is 0.323 e. The Morgan fingerprint density at radius 1 is 0.920 bits per heavy atom. The number of anilines is 3. The van der Waals surface area contributed by atoms with E-state index in [0.717, 1.165) is 41.5 Å². The minimum atomic E-state index is -0.218. The molecule has 0 spiro atoms. The highest BCUT2D eigenvalue weighted by molar-refractivity contribution is 5.99. The van der Waals surface area contributed by atoms with E-state index in [1.165, 1.54) is 18.5 Å². The van der Waals surface area contributed by atoms with E-state index >= 15 is 0 Å². The van der Waals surface area contributed by atoms with Crippen molar-refractivity contribution in [3.05, 3.63) is 53.6 Å². The van der Waals surface area contributed by atoms with E-state index in [2.05, 4.69) is 40.7 Å². The predicted octanol–water partition coefficient (Wildman–Crippen LogP) is 5.18. The van der Waals surface area contributed by atoms with Crippen LogP contribution in [0.25, 0.3) is 0 Å². The van der Waals surface area contributed by atoms with Gasteiger partial charge in [0.05, 0.1) is 0 Å². The number of rotatable bonds is 3. The maximum Gasteiger partial charge on any atom is 0.323 e. The average molecular weight is 337 g/mol. The minimum absolute atomic E-state index is 0.218. The molecule has 3 rings (SSSR count). The molecule has 2 N–H and O–H groups in total. The summed E-state index contributed by atoms with van der Waals surface area (Å²) in [5.41, 5.74) is 5.11. The standard InChI is InChI=1S/C21H27N3O/c1-15-8-10-24(11-9-15)20-6-4-18(5-7-20)22-21(25)23-19-13-16(2)12-17(3)14-19/h4-7,12-15H,8-11H2,1-3H3,(H2,22,23,25). The van der Waals surface area contributed by atoms with Gasteiger partial charge in [0.2, 0.25) is 0 Å². The summed E-state index contributed by atoms with van der Waals surface area (Å²) in [5.74, 6) is 0.825. The van der Waals surface area contributed by atoms with Crippen LogP contribution >= 0.6 is 0 Å². The molecule has 132 valence electrons. The summed E-state index contributed by atoms with van der Waals surface area (Å²) >= 11 is 0. The van der Waals surface area contributed by atoms with Gasteiger partial charge in [-0.1, -0.05) is 13.0 Å². The zero-order valence-electron chi connectivity index (χ0n) is 15.3. The molecule has 0 aromatic heterocycles. The maximum absolute atomic E-state index is 12.2. The molecular formula is C21H27N3O. The molecule has 1 aliphatic heterocycles. The number of hydrogen-bond acceptors (Lipinski definition) is 2. The first-order chi connectivity index (χ1) is 12.0. The minimum Gasteiger partial charge on any atom is -0.372 e. The zero-order chi connectivity index (χ0) is 17.8. The third-order valence-corrected chi connectivity index (χ3v) is 4.75. The van der Waals surface area contributed by atoms with Gasteiger partial charge in [0.25, 0.3) is 0 Å². The third-order valence-electron chi connectivity index (χ3n) is 4.75. The Morgan fingerprint density at radius 3 is 2.08 bits per heavy atom. The molecule has 4 heteroatoms. The van der Waals surface area contributed by atoms with Gasteiger partial charge in [-0.15, -0.1) is 0 Å². The number of carbonyl (C=O) groups excluding carboxylic acids is 1. The van der Waals surface area contributed by atoms with Crippen molar-refractivity contribution in [3.8, 4) is 0 Å². The van der Waals surface area contributed by atoms with Crippen LogP contribution < -0.4 is 15.5 Å². The van der Waals surface area contributed by atoms with Gasteiger partial charge in [0.15, 0.2) is 0 Å². The number of aryl methyl sites for hydroxylation is 2. The molecule has 25 heavy (non-hydrogen) atoms. The van der Waals surface area contributed by atoms with Gasteiger partial charge < -0.3 is 15.5 Å². The average Bonchev–Trinajstić information content (AvgIpc) is 2.55. The fourth-order valence-corrected chi connectivity index (χ4v) is 3.36. The number of urea groups is 1. The van der Waals surface area contributed by atoms with Gasteiger partial charge in [-0.2, -0.15) is 0 Å². The third kappa shape index (κ3) is 4.75. The van der Waals surface area contributed by atoms with Crippen molar-refractivity contribution in [2.45, 2.75) is 33.6 Å². The van der Waals surface area contributed by atoms with E-state index in [-0.39, 0.29) is 6.03 Å². The van der Waals surface area contributed by atoms with Crippen LogP contribution in [0.3, 0.4) is 0 Å². The molecule has 0 unspecified atom stereocenters. The Hall–Kier alpha value is -2.49. The molecule has 1 saturated heterocycles. The lowest BCUT2D eigenvalue weighted by Gasteiger charge is -2.32. The van der Waals surface area contributed by atoms with E-state index in [9.17, 15) is 4.79 Å². The van der Waals surface area contributed by atoms with Crippen LogP contribution in [-0.4, -0.2) is 19.1 Å². The Morgan fingerprint density at radius 2 is 1.48 bits per heavy atom. The van der Waals surface area contributed by atoms with Crippen molar-refractivity contribution in [1.29, 1.82) is 0 Å². The second-order valence-corrected chi connectivity index (χ2v) is 7.17. The molecule has 1 aliphatic rings. The molecule has 2 aromatic carbocycles. The summed E-state index contributed by atoms with van der Waals surface area (Å²) in [6, 6.07) is 13.9. The molecule has 2 aromatic rings. The monoisotopic (exact) mass is 337 g/mol. The lowest BCUT2D eigenvalue weighted by molar-refractivity contribution is 0.262. The van der Waals surface area contributed by atoms with Crippen molar-refractivity contribution in [1.82, 2.24) is 0 Å². The van der Waals surface area contributed by atoms with Crippen molar-refractivity contribution in [2.24, 2.45) is 5.92 Å². The number of nitrogens with one attached hydrogen (secondary N) is 2. The summed E-state index contributed by atoms with van der Waals surface area (Å²) in [6.07, 6.45) is 2.50. The molecule has 1 fully saturated rings. The Labute approximate surface area is 150 Å². The van der Waals surface area contributed by atoms with Crippen molar-refractivity contribution < 1.29 is 4.79 Å². The number of benzene rings is 2. The van der Waals surface area contributed by atoms with Gasteiger partial charge in [-0.3, -0.25) is 0 Å².